The first-order valence-corrected chi connectivity index (χ1v) is 7.31. The number of alkyl halides is 1. The van der Waals surface area contributed by atoms with E-state index < -0.39 is 0 Å². The van der Waals surface area contributed by atoms with Crippen molar-refractivity contribution in [3.05, 3.63) is 47.0 Å². The average Bonchev–Trinajstić information content (AvgIpc) is 2.41. The summed E-state index contributed by atoms with van der Waals surface area (Å²) in [5, 5.41) is 5.13. The van der Waals surface area contributed by atoms with Gasteiger partial charge >= 0.3 is 0 Å². The van der Waals surface area contributed by atoms with Gasteiger partial charge in [-0.2, -0.15) is 0 Å². The van der Waals surface area contributed by atoms with Crippen molar-refractivity contribution in [3.63, 3.8) is 0 Å². The number of benzene rings is 2. The molecule has 0 spiro atoms. The van der Waals surface area contributed by atoms with Crippen LogP contribution < -0.4 is 5.32 Å². The standard InChI is InChI=1S/C15H12BrNO2/c16-7-3-6-11-12-8-9-4-1-2-5-10(9)13(11)15(19)17-14(12)18/h1-2,4-5,8H,3,6-7H2,(H,17,18,19). The summed E-state index contributed by atoms with van der Waals surface area (Å²) >= 11 is 3.39. The Morgan fingerprint density at radius 2 is 1.89 bits per heavy atom. The van der Waals surface area contributed by atoms with Crippen molar-refractivity contribution in [2.75, 3.05) is 5.33 Å². The van der Waals surface area contributed by atoms with Gasteiger partial charge in [0, 0.05) is 10.9 Å². The molecular weight excluding hydrogens is 306 g/mol. The van der Waals surface area contributed by atoms with Gasteiger partial charge in [-0.3, -0.25) is 14.9 Å². The summed E-state index contributed by atoms with van der Waals surface area (Å²) in [7, 11) is 0. The summed E-state index contributed by atoms with van der Waals surface area (Å²) in [5.74, 6) is -0.563. The normalized spacial score (nSPS) is 13.7. The molecule has 3 nitrogen and oxygen atoms in total. The third-order valence-corrected chi connectivity index (χ3v) is 3.98. The van der Waals surface area contributed by atoms with Gasteiger partial charge in [-0.1, -0.05) is 40.2 Å². The minimum atomic E-state index is -0.284. The topological polar surface area (TPSA) is 46.2 Å². The van der Waals surface area contributed by atoms with Crippen LogP contribution in [0.1, 0.15) is 32.7 Å². The van der Waals surface area contributed by atoms with E-state index in [1.54, 1.807) is 0 Å². The zero-order chi connectivity index (χ0) is 13.4. The number of rotatable bonds is 3. The Bertz CT molecular complexity index is 694. The van der Waals surface area contributed by atoms with Crippen LogP contribution in [0, 0.1) is 0 Å². The lowest BCUT2D eigenvalue weighted by Crippen LogP contribution is -2.37. The average molecular weight is 318 g/mol. The molecule has 1 N–H and O–H groups in total. The SMILES string of the molecule is O=C1NC(=O)c2c(CCCBr)c1cc1ccccc21. The second-order valence-corrected chi connectivity index (χ2v) is 5.37. The molecule has 1 aliphatic rings. The molecule has 1 heterocycles. The van der Waals surface area contributed by atoms with Gasteiger partial charge in [-0.05, 0) is 35.2 Å². The van der Waals surface area contributed by atoms with Crippen molar-refractivity contribution in [2.45, 2.75) is 12.8 Å². The van der Waals surface area contributed by atoms with E-state index in [2.05, 4.69) is 21.2 Å². The zero-order valence-corrected chi connectivity index (χ0v) is 11.8. The minimum absolute atomic E-state index is 0.279. The fourth-order valence-electron chi connectivity index (χ4n) is 2.59. The van der Waals surface area contributed by atoms with Crippen LogP contribution in [0.2, 0.25) is 0 Å². The molecule has 0 fully saturated rings. The highest BCUT2D eigenvalue weighted by Gasteiger charge is 2.28. The highest BCUT2D eigenvalue weighted by atomic mass is 79.9. The summed E-state index contributed by atoms with van der Waals surface area (Å²) in [5.41, 5.74) is 2.18. The molecule has 2 bridgehead atoms. The van der Waals surface area contributed by atoms with Crippen molar-refractivity contribution >= 4 is 38.5 Å². The molecule has 0 saturated carbocycles. The van der Waals surface area contributed by atoms with E-state index in [0.717, 1.165) is 34.5 Å². The molecule has 3 rings (SSSR count). The van der Waals surface area contributed by atoms with Gasteiger partial charge in [0.25, 0.3) is 11.8 Å². The molecule has 0 saturated heterocycles. The van der Waals surface area contributed by atoms with Crippen molar-refractivity contribution < 1.29 is 9.59 Å². The number of halogens is 1. The number of imide groups is 1. The van der Waals surface area contributed by atoms with E-state index in [1.807, 2.05) is 30.3 Å². The monoisotopic (exact) mass is 317 g/mol. The number of hydrogen-bond acceptors (Lipinski definition) is 2. The summed E-state index contributed by atoms with van der Waals surface area (Å²) in [4.78, 5) is 24.1. The van der Waals surface area contributed by atoms with Crippen molar-refractivity contribution in [1.82, 2.24) is 5.32 Å². The lowest BCUT2D eigenvalue weighted by molar-refractivity contribution is 0.0840. The van der Waals surface area contributed by atoms with Gasteiger partial charge in [0.1, 0.15) is 0 Å². The molecule has 0 unspecified atom stereocenters. The van der Waals surface area contributed by atoms with E-state index in [1.165, 1.54) is 0 Å². The number of nitrogens with one attached hydrogen (secondary N) is 1. The summed E-state index contributed by atoms with van der Waals surface area (Å²) < 4.78 is 0. The first-order chi connectivity index (χ1) is 9.22. The molecule has 96 valence electrons. The molecule has 0 atom stereocenters. The number of carbonyl (C=O) groups excluding carboxylic acids is 2. The van der Waals surface area contributed by atoms with E-state index in [-0.39, 0.29) is 11.8 Å². The molecule has 4 heteroatoms. The number of fused-ring (bicyclic) bond motifs is 4. The molecule has 0 aliphatic carbocycles. The Morgan fingerprint density at radius 3 is 2.68 bits per heavy atom. The molecular formula is C15H12BrNO2. The Hall–Kier alpha value is -1.68. The lowest BCUT2D eigenvalue weighted by Gasteiger charge is -2.21. The van der Waals surface area contributed by atoms with Gasteiger partial charge in [0.05, 0.1) is 5.56 Å². The van der Waals surface area contributed by atoms with Crippen LogP contribution in [0.4, 0.5) is 0 Å². The highest BCUT2D eigenvalue weighted by molar-refractivity contribution is 9.09. The van der Waals surface area contributed by atoms with Crippen LogP contribution in [-0.2, 0) is 6.42 Å². The second-order valence-electron chi connectivity index (χ2n) is 4.57. The minimum Gasteiger partial charge on any atom is -0.288 e. The zero-order valence-electron chi connectivity index (χ0n) is 10.2. The van der Waals surface area contributed by atoms with E-state index in [4.69, 9.17) is 0 Å². The first-order valence-electron chi connectivity index (χ1n) is 6.18. The van der Waals surface area contributed by atoms with Gasteiger partial charge in [-0.15, -0.1) is 0 Å². The van der Waals surface area contributed by atoms with Crippen molar-refractivity contribution in [1.29, 1.82) is 0 Å². The lowest BCUT2D eigenvalue weighted by atomic mass is 9.88. The van der Waals surface area contributed by atoms with Crippen LogP contribution in [0.3, 0.4) is 0 Å². The fraction of sp³-hybridized carbons (Fsp3) is 0.200. The van der Waals surface area contributed by atoms with Gasteiger partial charge in [0.2, 0.25) is 0 Å². The Labute approximate surface area is 119 Å². The van der Waals surface area contributed by atoms with Crippen LogP contribution in [0.15, 0.2) is 30.3 Å². The smallest absolute Gasteiger partial charge is 0.259 e. The van der Waals surface area contributed by atoms with Gasteiger partial charge in [-0.25, -0.2) is 0 Å². The largest absolute Gasteiger partial charge is 0.288 e. The molecule has 0 aromatic heterocycles. The van der Waals surface area contributed by atoms with Gasteiger partial charge in [0.15, 0.2) is 0 Å². The van der Waals surface area contributed by atoms with Crippen LogP contribution >= 0.6 is 15.9 Å². The van der Waals surface area contributed by atoms with Crippen LogP contribution in [-0.4, -0.2) is 17.1 Å². The first kappa shape index (κ1) is 12.4. The third kappa shape index (κ3) is 1.96. The molecule has 2 amide bonds. The Kier molecular flexibility index (Phi) is 3.11. The second kappa shape index (κ2) is 4.78. The summed E-state index contributed by atoms with van der Waals surface area (Å²) in [6.45, 7) is 0. The van der Waals surface area contributed by atoms with Crippen molar-refractivity contribution in [2.24, 2.45) is 0 Å². The molecule has 0 radical (unpaired) electrons. The molecule has 2 aromatic rings. The summed E-state index contributed by atoms with van der Waals surface area (Å²) in [6.07, 6.45) is 1.64. The third-order valence-electron chi connectivity index (χ3n) is 3.42. The van der Waals surface area contributed by atoms with Crippen LogP contribution in [0.25, 0.3) is 10.8 Å². The maximum absolute atomic E-state index is 12.1. The highest BCUT2D eigenvalue weighted by Crippen LogP contribution is 2.30. The molecule has 1 aliphatic heterocycles. The van der Waals surface area contributed by atoms with Gasteiger partial charge < -0.3 is 0 Å². The maximum atomic E-state index is 12.1. The number of carbonyl (C=O) groups is 2. The van der Waals surface area contributed by atoms with E-state index in [0.29, 0.717) is 11.1 Å². The van der Waals surface area contributed by atoms with Crippen molar-refractivity contribution in [3.8, 4) is 0 Å². The van der Waals surface area contributed by atoms with Crippen LogP contribution in [0.5, 0.6) is 0 Å². The summed E-state index contributed by atoms with van der Waals surface area (Å²) in [6, 6.07) is 9.57. The molecule has 2 aromatic carbocycles. The Morgan fingerprint density at radius 1 is 1.11 bits per heavy atom. The Balaban J connectivity index is 2.32. The predicted molar refractivity (Wildman–Crippen MR) is 77.9 cm³/mol. The fourth-order valence-corrected chi connectivity index (χ4v) is 2.87. The number of amides is 2. The molecule has 19 heavy (non-hydrogen) atoms. The van der Waals surface area contributed by atoms with E-state index >= 15 is 0 Å². The quantitative estimate of drug-likeness (QED) is 0.698. The number of hydrogen-bond donors (Lipinski definition) is 1. The maximum Gasteiger partial charge on any atom is 0.259 e. The van der Waals surface area contributed by atoms with E-state index in [9.17, 15) is 9.59 Å². The predicted octanol–water partition coefficient (Wildman–Crippen LogP) is 3.05.